The molecule has 2 N–H and O–H groups in total. The van der Waals surface area contributed by atoms with Crippen molar-refractivity contribution >= 4 is 41.5 Å². The Morgan fingerprint density at radius 3 is 2.81 bits per heavy atom. The van der Waals surface area contributed by atoms with Crippen LogP contribution in [0.25, 0.3) is 0 Å². The number of methoxy groups -OCH3 is 1. The van der Waals surface area contributed by atoms with Crippen LogP contribution in [0.1, 0.15) is 38.2 Å². The van der Waals surface area contributed by atoms with Gasteiger partial charge in [-0.1, -0.05) is 18.5 Å². The number of piperidine rings is 1. The fraction of sp³-hybridized carbons (Fsp3) is 0.650. The van der Waals surface area contributed by atoms with Crippen LogP contribution in [0.15, 0.2) is 23.2 Å². The molecule has 5 nitrogen and oxygen atoms in total. The van der Waals surface area contributed by atoms with Crippen LogP contribution in [0.2, 0.25) is 5.02 Å². The summed E-state index contributed by atoms with van der Waals surface area (Å²) >= 11 is 6.30. The van der Waals surface area contributed by atoms with Gasteiger partial charge in [0, 0.05) is 42.3 Å². The van der Waals surface area contributed by atoms with Crippen molar-refractivity contribution in [2.45, 2.75) is 38.0 Å². The van der Waals surface area contributed by atoms with Crippen LogP contribution in [0.3, 0.4) is 0 Å². The second kappa shape index (κ2) is 10.2. The molecule has 2 fully saturated rings. The molecule has 7 heteroatoms. The molecule has 1 atom stereocenters. The van der Waals surface area contributed by atoms with E-state index in [1.54, 1.807) is 7.11 Å². The summed E-state index contributed by atoms with van der Waals surface area (Å²) in [4.78, 5) is 7.04. The zero-order valence-corrected chi connectivity index (χ0v) is 19.3. The molecule has 0 amide bonds. The lowest BCUT2D eigenvalue weighted by atomic mass is 9.73. The fourth-order valence-electron chi connectivity index (χ4n) is 4.10. The first-order valence-corrected chi connectivity index (χ1v) is 9.88. The van der Waals surface area contributed by atoms with Crippen LogP contribution in [0.4, 0.5) is 0 Å². The van der Waals surface area contributed by atoms with Crippen LogP contribution in [-0.4, -0.2) is 50.8 Å². The minimum Gasteiger partial charge on any atom is -0.496 e. The first-order chi connectivity index (χ1) is 12.5. The molecule has 2 aliphatic rings. The maximum absolute atomic E-state index is 6.35. The van der Waals surface area contributed by atoms with E-state index in [2.05, 4.69) is 11.8 Å². The zero-order valence-electron chi connectivity index (χ0n) is 16.2. The first kappa shape index (κ1) is 22.6. The molecule has 2 saturated heterocycles. The van der Waals surface area contributed by atoms with Crippen LogP contribution >= 0.6 is 35.6 Å². The molecule has 1 aromatic rings. The number of guanidine groups is 1. The molecule has 152 valence electrons. The summed E-state index contributed by atoms with van der Waals surface area (Å²) in [6, 6.07) is 5.82. The number of nitrogens with zero attached hydrogens (tertiary/aromatic N) is 2. The quantitative estimate of drug-likeness (QED) is 0.379. The Labute approximate surface area is 184 Å². The highest BCUT2D eigenvalue weighted by Crippen LogP contribution is 2.41. The van der Waals surface area contributed by atoms with Crippen molar-refractivity contribution in [3.63, 3.8) is 0 Å². The third kappa shape index (κ3) is 5.41. The van der Waals surface area contributed by atoms with Crippen LogP contribution < -0.4 is 10.5 Å². The number of nitrogens with two attached hydrogens (primary N) is 1. The third-order valence-corrected chi connectivity index (χ3v) is 5.94. The Morgan fingerprint density at radius 1 is 1.41 bits per heavy atom. The number of benzene rings is 1. The number of hydrogen-bond acceptors (Lipinski definition) is 3. The number of halogens is 2. The summed E-state index contributed by atoms with van der Waals surface area (Å²) in [5.41, 5.74) is 7.31. The van der Waals surface area contributed by atoms with Crippen molar-refractivity contribution < 1.29 is 9.47 Å². The molecule has 0 bridgehead atoms. The molecular weight excluding hydrogens is 477 g/mol. The fourth-order valence-corrected chi connectivity index (χ4v) is 4.27. The van der Waals surface area contributed by atoms with E-state index in [-0.39, 0.29) is 29.4 Å². The van der Waals surface area contributed by atoms with Crippen molar-refractivity contribution in [3.05, 3.63) is 28.8 Å². The van der Waals surface area contributed by atoms with Crippen molar-refractivity contribution in [1.82, 2.24) is 4.90 Å². The van der Waals surface area contributed by atoms with Crippen molar-refractivity contribution in [2.24, 2.45) is 16.6 Å². The predicted molar refractivity (Wildman–Crippen MR) is 122 cm³/mol. The largest absolute Gasteiger partial charge is 0.496 e. The lowest BCUT2D eigenvalue weighted by Gasteiger charge is -2.38. The SMILES string of the molecule is COc1ccc(Cl)cc1C1(CN=C(N)N2CCCC(C)C2)CCOCC1.I. The number of likely N-dealkylation sites (tertiary alicyclic amines) is 1. The van der Waals surface area contributed by atoms with Gasteiger partial charge in [0.05, 0.1) is 13.7 Å². The molecule has 1 aromatic carbocycles. The van der Waals surface area contributed by atoms with Crippen LogP contribution in [-0.2, 0) is 10.2 Å². The molecule has 1 unspecified atom stereocenters. The molecule has 2 heterocycles. The van der Waals surface area contributed by atoms with Crippen molar-refractivity contribution in [3.8, 4) is 5.75 Å². The Balaban J connectivity index is 0.00000261. The van der Waals surface area contributed by atoms with Gasteiger partial charge in [-0.3, -0.25) is 4.99 Å². The second-order valence-electron chi connectivity index (χ2n) is 7.61. The Hall–Kier alpha value is -0.730. The van der Waals surface area contributed by atoms with Crippen LogP contribution in [0.5, 0.6) is 5.75 Å². The third-order valence-electron chi connectivity index (χ3n) is 5.71. The van der Waals surface area contributed by atoms with E-state index < -0.39 is 0 Å². The van der Waals surface area contributed by atoms with Crippen LogP contribution in [0, 0.1) is 5.92 Å². The highest BCUT2D eigenvalue weighted by molar-refractivity contribution is 14.0. The number of rotatable bonds is 4. The summed E-state index contributed by atoms with van der Waals surface area (Å²) in [6.07, 6.45) is 4.22. The van der Waals surface area contributed by atoms with Gasteiger partial charge >= 0.3 is 0 Å². The monoisotopic (exact) mass is 507 g/mol. The van der Waals surface area contributed by atoms with Crippen molar-refractivity contribution in [1.29, 1.82) is 0 Å². The molecule has 0 radical (unpaired) electrons. The molecule has 3 rings (SSSR count). The predicted octanol–water partition coefficient (Wildman–Crippen LogP) is 4.06. The molecule has 0 spiro atoms. The van der Waals surface area contributed by atoms with E-state index in [1.165, 1.54) is 12.8 Å². The topological polar surface area (TPSA) is 60.1 Å². The van der Waals surface area contributed by atoms with Gasteiger partial charge in [0.2, 0.25) is 0 Å². The summed E-state index contributed by atoms with van der Waals surface area (Å²) in [5, 5.41) is 0.716. The van der Waals surface area contributed by atoms with Gasteiger partial charge in [-0.15, -0.1) is 24.0 Å². The number of ether oxygens (including phenoxy) is 2. The first-order valence-electron chi connectivity index (χ1n) is 9.51. The Bertz CT molecular complexity index is 650. The van der Waals surface area contributed by atoms with E-state index in [9.17, 15) is 0 Å². The summed E-state index contributed by atoms with van der Waals surface area (Å²) in [5.74, 6) is 2.18. The van der Waals surface area contributed by atoms with Gasteiger partial charge < -0.3 is 20.1 Å². The normalized spacial score (nSPS) is 22.9. The Morgan fingerprint density at radius 2 is 2.15 bits per heavy atom. The Kier molecular flexibility index (Phi) is 8.49. The molecule has 27 heavy (non-hydrogen) atoms. The standard InChI is InChI=1S/C20H30ClN3O2.HI/c1-15-4-3-9-24(13-15)19(22)23-14-20(7-10-26-11-8-20)17-12-16(21)5-6-18(17)25-2;/h5-6,12,15H,3-4,7-11,13-14H2,1-2H3,(H2,22,23);1H. The lowest BCUT2D eigenvalue weighted by Crippen LogP contribution is -2.45. The lowest BCUT2D eigenvalue weighted by molar-refractivity contribution is 0.0522. The average Bonchev–Trinajstić information content (AvgIpc) is 2.67. The maximum atomic E-state index is 6.35. The van der Waals surface area contributed by atoms with E-state index in [0.29, 0.717) is 36.7 Å². The van der Waals surface area contributed by atoms with Crippen molar-refractivity contribution in [2.75, 3.05) is 40.0 Å². The number of aliphatic imine (C=N–C) groups is 1. The molecule has 0 aliphatic carbocycles. The molecule has 2 aliphatic heterocycles. The highest BCUT2D eigenvalue weighted by atomic mass is 127. The van der Waals surface area contributed by atoms with Gasteiger partial charge in [0.1, 0.15) is 5.75 Å². The molecule has 0 aromatic heterocycles. The van der Waals surface area contributed by atoms with Gasteiger partial charge in [-0.2, -0.15) is 0 Å². The average molecular weight is 508 g/mol. The van der Waals surface area contributed by atoms with Gasteiger partial charge in [0.15, 0.2) is 5.96 Å². The zero-order chi connectivity index (χ0) is 18.6. The van der Waals surface area contributed by atoms with E-state index >= 15 is 0 Å². The maximum Gasteiger partial charge on any atom is 0.191 e. The highest BCUT2D eigenvalue weighted by Gasteiger charge is 2.37. The van der Waals surface area contributed by atoms with Gasteiger partial charge in [0.25, 0.3) is 0 Å². The van der Waals surface area contributed by atoms with E-state index in [0.717, 1.165) is 37.2 Å². The number of hydrogen-bond donors (Lipinski definition) is 1. The summed E-state index contributed by atoms with van der Waals surface area (Å²) in [7, 11) is 1.70. The van der Waals surface area contributed by atoms with Gasteiger partial charge in [-0.25, -0.2) is 0 Å². The smallest absolute Gasteiger partial charge is 0.191 e. The minimum atomic E-state index is -0.152. The molecular formula is C20H31ClIN3O2. The molecule has 0 saturated carbocycles. The van der Waals surface area contributed by atoms with E-state index in [1.807, 2.05) is 18.2 Å². The minimum absolute atomic E-state index is 0. The van der Waals surface area contributed by atoms with Gasteiger partial charge in [-0.05, 0) is 49.8 Å². The second-order valence-corrected chi connectivity index (χ2v) is 8.04. The summed E-state index contributed by atoms with van der Waals surface area (Å²) < 4.78 is 11.2. The van der Waals surface area contributed by atoms with E-state index in [4.69, 9.17) is 31.8 Å². The summed E-state index contributed by atoms with van der Waals surface area (Å²) in [6.45, 7) is 6.32.